The number of ether oxygens (including phenoxy) is 2. The van der Waals surface area contributed by atoms with E-state index in [1.54, 1.807) is 7.11 Å². The van der Waals surface area contributed by atoms with Crippen molar-refractivity contribution in [1.29, 1.82) is 0 Å². The van der Waals surface area contributed by atoms with Crippen molar-refractivity contribution in [3.63, 3.8) is 0 Å². The molecule has 0 atom stereocenters. The minimum absolute atomic E-state index is 0.0438. The molecule has 29 heavy (non-hydrogen) atoms. The normalized spacial score (nSPS) is 14.7. The van der Waals surface area contributed by atoms with Crippen LogP contribution < -0.4 is 9.47 Å². The second-order valence-electron chi connectivity index (χ2n) is 7.30. The number of nitrogens with zero attached hydrogens (tertiary/aromatic N) is 2. The molecular formula is C24H26N2O3. The van der Waals surface area contributed by atoms with Gasteiger partial charge in [0, 0.05) is 32.7 Å². The first-order valence-electron chi connectivity index (χ1n) is 9.96. The van der Waals surface area contributed by atoms with E-state index in [-0.39, 0.29) is 12.5 Å². The van der Waals surface area contributed by atoms with Gasteiger partial charge < -0.3 is 14.4 Å². The van der Waals surface area contributed by atoms with Crippen molar-refractivity contribution in [3.8, 4) is 11.5 Å². The van der Waals surface area contributed by atoms with E-state index in [0.717, 1.165) is 49.6 Å². The fraction of sp³-hybridized carbons (Fsp3) is 0.292. The summed E-state index contributed by atoms with van der Waals surface area (Å²) >= 11 is 0. The molecule has 0 aliphatic carbocycles. The van der Waals surface area contributed by atoms with E-state index in [4.69, 9.17) is 9.47 Å². The summed E-state index contributed by atoms with van der Waals surface area (Å²) in [6.45, 7) is 4.17. The van der Waals surface area contributed by atoms with E-state index in [9.17, 15) is 4.79 Å². The standard InChI is InChI=1S/C24H26N2O3/c1-28-22-9-6-19(7-10-22)17-25-12-14-26(15-13-25)24(27)18-29-23-11-8-20-4-2-3-5-21(20)16-23/h2-11,16H,12-15,17-18H2,1H3. The third-order valence-corrected chi connectivity index (χ3v) is 5.37. The lowest BCUT2D eigenvalue weighted by molar-refractivity contribution is -0.135. The van der Waals surface area contributed by atoms with Crippen LogP contribution in [-0.4, -0.2) is 55.6 Å². The largest absolute Gasteiger partial charge is 0.497 e. The molecule has 1 aliphatic heterocycles. The topological polar surface area (TPSA) is 42.0 Å². The molecule has 0 N–H and O–H groups in total. The van der Waals surface area contributed by atoms with Gasteiger partial charge in [0.25, 0.3) is 5.91 Å². The first-order chi connectivity index (χ1) is 14.2. The molecule has 0 unspecified atom stereocenters. The zero-order chi connectivity index (χ0) is 20.1. The van der Waals surface area contributed by atoms with Crippen LogP contribution in [0.3, 0.4) is 0 Å². The Morgan fingerprint density at radius 1 is 0.862 bits per heavy atom. The van der Waals surface area contributed by atoms with Crippen molar-refractivity contribution in [2.45, 2.75) is 6.54 Å². The van der Waals surface area contributed by atoms with Crippen LogP contribution in [0.5, 0.6) is 11.5 Å². The lowest BCUT2D eigenvalue weighted by Crippen LogP contribution is -2.49. The fourth-order valence-corrected chi connectivity index (χ4v) is 3.64. The van der Waals surface area contributed by atoms with Gasteiger partial charge in [-0.05, 0) is 40.6 Å². The minimum Gasteiger partial charge on any atom is -0.497 e. The number of amides is 1. The molecule has 0 saturated carbocycles. The van der Waals surface area contributed by atoms with Crippen LogP contribution in [0, 0.1) is 0 Å². The van der Waals surface area contributed by atoms with Crippen LogP contribution in [0.1, 0.15) is 5.56 Å². The van der Waals surface area contributed by atoms with Crippen molar-refractivity contribution in [1.82, 2.24) is 9.80 Å². The molecule has 150 valence electrons. The van der Waals surface area contributed by atoms with Gasteiger partial charge in [-0.1, -0.05) is 42.5 Å². The van der Waals surface area contributed by atoms with Gasteiger partial charge >= 0.3 is 0 Å². The predicted octanol–water partition coefficient (Wildman–Crippen LogP) is 3.57. The van der Waals surface area contributed by atoms with Crippen LogP contribution in [0.2, 0.25) is 0 Å². The smallest absolute Gasteiger partial charge is 0.260 e. The Morgan fingerprint density at radius 3 is 2.28 bits per heavy atom. The maximum Gasteiger partial charge on any atom is 0.260 e. The van der Waals surface area contributed by atoms with Crippen LogP contribution >= 0.6 is 0 Å². The van der Waals surface area contributed by atoms with Gasteiger partial charge in [-0.3, -0.25) is 9.69 Å². The molecule has 1 fully saturated rings. The van der Waals surface area contributed by atoms with E-state index in [1.807, 2.05) is 53.4 Å². The Hall–Kier alpha value is -3.05. The maximum absolute atomic E-state index is 12.5. The van der Waals surface area contributed by atoms with Crippen LogP contribution in [-0.2, 0) is 11.3 Å². The third-order valence-electron chi connectivity index (χ3n) is 5.37. The van der Waals surface area contributed by atoms with Gasteiger partial charge in [0.15, 0.2) is 6.61 Å². The van der Waals surface area contributed by atoms with Crippen molar-refractivity contribution < 1.29 is 14.3 Å². The molecule has 5 nitrogen and oxygen atoms in total. The number of hydrogen-bond acceptors (Lipinski definition) is 4. The number of piperazine rings is 1. The van der Waals surface area contributed by atoms with Crippen LogP contribution in [0.4, 0.5) is 0 Å². The number of methoxy groups -OCH3 is 1. The van der Waals surface area contributed by atoms with E-state index >= 15 is 0 Å². The summed E-state index contributed by atoms with van der Waals surface area (Å²) in [6, 6.07) is 22.2. The molecule has 0 spiro atoms. The Morgan fingerprint density at radius 2 is 1.55 bits per heavy atom. The highest BCUT2D eigenvalue weighted by atomic mass is 16.5. The Kier molecular flexibility index (Phi) is 5.96. The van der Waals surface area contributed by atoms with Crippen LogP contribution in [0.15, 0.2) is 66.7 Å². The zero-order valence-corrected chi connectivity index (χ0v) is 16.7. The van der Waals surface area contributed by atoms with E-state index in [1.165, 1.54) is 10.9 Å². The minimum atomic E-state index is 0.0438. The van der Waals surface area contributed by atoms with E-state index < -0.39 is 0 Å². The molecule has 0 aromatic heterocycles. The number of carbonyl (C=O) groups is 1. The zero-order valence-electron chi connectivity index (χ0n) is 16.7. The highest BCUT2D eigenvalue weighted by Gasteiger charge is 2.21. The van der Waals surface area contributed by atoms with Crippen molar-refractivity contribution in [3.05, 3.63) is 72.3 Å². The highest BCUT2D eigenvalue weighted by Crippen LogP contribution is 2.20. The second-order valence-corrected chi connectivity index (χ2v) is 7.30. The highest BCUT2D eigenvalue weighted by molar-refractivity contribution is 5.84. The Balaban J connectivity index is 1.25. The van der Waals surface area contributed by atoms with Crippen molar-refractivity contribution in [2.24, 2.45) is 0 Å². The SMILES string of the molecule is COc1ccc(CN2CCN(C(=O)COc3ccc4ccccc4c3)CC2)cc1. The summed E-state index contributed by atoms with van der Waals surface area (Å²) in [5.74, 6) is 1.65. The molecule has 1 aliphatic rings. The predicted molar refractivity (Wildman–Crippen MR) is 114 cm³/mol. The number of carbonyl (C=O) groups excluding carboxylic acids is 1. The first kappa shape index (κ1) is 19.3. The van der Waals surface area contributed by atoms with Gasteiger partial charge in [0.05, 0.1) is 7.11 Å². The molecule has 1 amide bonds. The summed E-state index contributed by atoms with van der Waals surface area (Å²) in [7, 11) is 1.68. The summed E-state index contributed by atoms with van der Waals surface area (Å²) < 4.78 is 11.0. The molecule has 4 rings (SSSR count). The van der Waals surface area contributed by atoms with Gasteiger partial charge in [0.2, 0.25) is 0 Å². The Labute approximate surface area is 171 Å². The third kappa shape index (κ3) is 4.87. The number of fused-ring (bicyclic) bond motifs is 1. The number of benzene rings is 3. The monoisotopic (exact) mass is 390 g/mol. The van der Waals surface area contributed by atoms with Gasteiger partial charge in [-0.2, -0.15) is 0 Å². The lowest BCUT2D eigenvalue weighted by Gasteiger charge is -2.34. The molecule has 3 aromatic carbocycles. The molecule has 1 saturated heterocycles. The second kappa shape index (κ2) is 8.97. The average Bonchev–Trinajstić information content (AvgIpc) is 2.78. The van der Waals surface area contributed by atoms with Gasteiger partial charge in [-0.15, -0.1) is 0 Å². The number of hydrogen-bond donors (Lipinski definition) is 0. The van der Waals surface area contributed by atoms with Gasteiger partial charge in [0.1, 0.15) is 11.5 Å². The Bertz CT molecular complexity index is 963. The quantitative estimate of drug-likeness (QED) is 0.645. The van der Waals surface area contributed by atoms with Crippen LogP contribution in [0.25, 0.3) is 10.8 Å². The van der Waals surface area contributed by atoms with E-state index in [0.29, 0.717) is 0 Å². The summed E-state index contributed by atoms with van der Waals surface area (Å²) in [5, 5.41) is 2.28. The fourth-order valence-electron chi connectivity index (χ4n) is 3.64. The van der Waals surface area contributed by atoms with Crippen molar-refractivity contribution >= 4 is 16.7 Å². The molecular weight excluding hydrogens is 364 g/mol. The molecule has 5 heteroatoms. The van der Waals surface area contributed by atoms with Crippen molar-refractivity contribution in [2.75, 3.05) is 39.9 Å². The molecule has 0 radical (unpaired) electrons. The average molecular weight is 390 g/mol. The molecule has 1 heterocycles. The van der Waals surface area contributed by atoms with Gasteiger partial charge in [-0.25, -0.2) is 0 Å². The number of rotatable bonds is 6. The molecule has 0 bridgehead atoms. The summed E-state index contributed by atoms with van der Waals surface area (Å²) in [6.07, 6.45) is 0. The molecule has 3 aromatic rings. The lowest BCUT2D eigenvalue weighted by atomic mass is 10.1. The first-order valence-corrected chi connectivity index (χ1v) is 9.96. The maximum atomic E-state index is 12.5. The summed E-state index contributed by atoms with van der Waals surface area (Å²) in [5.41, 5.74) is 1.25. The summed E-state index contributed by atoms with van der Waals surface area (Å²) in [4.78, 5) is 16.8. The van der Waals surface area contributed by atoms with E-state index in [2.05, 4.69) is 23.1 Å².